The summed E-state index contributed by atoms with van der Waals surface area (Å²) in [6, 6.07) is 0. The number of esters is 3. The van der Waals surface area contributed by atoms with E-state index in [1.807, 2.05) is 0 Å². The van der Waals surface area contributed by atoms with Gasteiger partial charge >= 0.3 is 17.9 Å². The highest BCUT2D eigenvalue weighted by Crippen LogP contribution is 2.89. The summed E-state index contributed by atoms with van der Waals surface area (Å²) in [6.45, 7) is 15.9. The van der Waals surface area contributed by atoms with Gasteiger partial charge in [0.2, 0.25) is 0 Å². The maximum atomic E-state index is 13.1. The molecule has 0 aromatic carbocycles. The van der Waals surface area contributed by atoms with Crippen LogP contribution in [0.4, 0.5) is 0 Å². The fourth-order valence-electron chi connectivity index (χ4n) is 13.1. The van der Waals surface area contributed by atoms with E-state index in [0.29, 0.717) is 18.3 Å². The molecule has 6 rings (SSSR count). The molecule has 260 valence electrons. The molecule has 1 saturated heterocycles. The van der Waals surface area contributed by atoms with E-state index in [4.69, 9.17) is 30.4 Å². The molecular weight excluding hydrogens is 588 g/mol. The normalized spacial score (nSPS) is 47.5. The molecule has 10 heteroatoms. The Labute approximate surface area is 274 Å². The van der Waals surface area contributed by atoms with Crippen LogP contribution in [0.5, 0.6) is 0 Å². The van der Waals surface area contributed by atoms with Gasteiger partial charge in [-0.1, -0.05) is 34.6 Å². The first-order chi connectivity index (χ1) is 21.3. The lowest BCUT2D eigenvalue weighted by atomic mass is 9.41. The molecule has 0 aromatic rings. The second-order valence-electron chi connectivity index (χ2n) is 17.6. The molecule has 1 aliphatic heterocycles. The number of rotatable bonds is 7. The molecule has 6 fully saturated rings. The molecule has 5 N–H and O–H groups in total. The van der Waals surface area contributed by atoms with Crippen molar-refractivity contribution >= 4 is 17.9 Å². The van der Waals surface area contributed by atoms with Crippen LogP contribution >= 0.6 is 0 Å². The quantitative estimate of drug-likeness (QED) is 0.274. The SMILES string of the molecule is CC(=O)O[C@@H]([C@H]1C[C@@H](C)C2[C@H](O1)[C@H](OC(=O)CN)[C@@]1(C)[C@@H]3CC[C@H]4C(C)(C)[C@@H](OC(=O)CN)CC[C@@]45C[C@@]35CC[C@]21C)C(C)(C)O. The minimum atomic E-state index is -1.32. The molecule has 0 radical (unpaired) electrons. The molecule has 13 atom stereocenters. The lowest BCUT2D eigenvalue weighted by Gasteiger charge is -2.63. The first kappa shape index (κ1) is 34.1. The van der Waals surface area contributed by atoms with Gasteiger partial charge in [-0.3, -0.25) is 14.4 Å². The summed E-state index contributed by atoms with van der Waals surface area (Å²) in [4.78, 5) is 37.5. The van der Waals surface area contributed by atoms with Gasteiger partial charge in [-0.2, -0.15) is 0 Å². The highest BCUT2D eigenvalue weighted by atomic mass is 16.6. The van der Waals surface area contributed by atoms with Gasteiger partial charge in [-0.25, -0.2) is 0 Å². The molecule has 0 aromatic heterocycles. The van der Waals surface area contributed by atoms with E-state index in [9.17, 15) is 19.5 Å². The molecule has 10 nitrogen and oxygen atoms in total. The van der Waals surface area contributed by atoms with Crippen LogP contribution < -0.4 is 11.5 Å². The number of ether oxygens (including phenoxy) is 4. The van der Waals surface area contributed by atoms with Crippen LogP contribution in [0.1, 0.15) is 107 Å². The fraction of sp³-hybridized carbons (Fsp3) is 0.917. The van der Waals surface area contributed by atoms with Crippen LogP contribution in [0.15, 0.2) is 0 Å². The molecule has 6 aliphatic rings. The minimum Gasteiger partial charge on any atom is -0.461 e. The summed E-state index contributed by atoms with van der Waals surface area (Å²) in [5.74, 6) is -0.184. The fourth-order valence-corrected chi connectivity index (χ4v) is 13.1. The molecule has 1 heterocycles. The van der Waals surface area contributed by atoms with Crippen molar-refractivity contribution in [2.45, 2.75) is 143 Å². The molecule has 5 aliphatic carbocycles. The van der Waals surface area contributed by atoms with Crippen molar-refractivity contribution in [1.29, 1.82) is 0 Å². The number of carbonyl (C=O) groups excluding carboxylic acids is 3. The molecule has 0 bridgehead atoms. The van der Waals surface area contributed by atoms with E-state index in [-0.39, 0.29) is 64.1 Å². The maximum absolute atomic E-state index is 13.1. The standard InChI is InChI=1S/C36H58N2O8/c1-19-15-21(29(32(5,6)42)43-20(2)39)44-28-27(19)33(7)13-14-36-18-35(36)12-11-24(45-25(40)16-37)31(3,4)22(35)9-10-23(36)34(33,8)30(28)46-26(41)17-38/h19,21-24,27-30,42H,9-18,37-38H2,1-8H3/t19-,21-,22+,23+,24+,27?,28+,29+,30+,33-,34-,35-,36+/m1/s1. The third kappa shape index (κ3) is 4.51. The number of carbonyl (C=O) groups is 3. The second kappa shape index (κ2) is 10.9. The lowest BCUT2D eigenvalue weighted by Crippen LogP contribution is -2.60. The van der Waals surface area contributed by atoms with Gasteiger partial charge in [-0.15, -0.1) is 0 Å². The zero-order valence-corrected chi connectivity index (χ0v) is 29.2. The molecular formula is C36H58N2O8. The summed E-state index contributed by atoms with van der Waals surface area (Å²) in [5, 5.41) is 11.1. The lowest BCUT2D eigenvalue weighted by molar-refractivity contribution is -0.221. The van der Waals surface area contributed by atoms with Crippen molar-refractivity contribution < 1.29 is 38.4 Å². The third-order valence-corrected chi connectivity index (χ3v) is 14.9. The van der Waals surface area contributed by atoms with Crippen molar-refractivity contribution in [1.82, 2.24) is 0 Å². The number of hydrogen-bond acceptors (Lipinski definition) is 10. The van der Waals surface area contributed by atoms with Crippen LogP contribution in [0, 0.1) is 50.7 Å². The summed E-state index contributed by atoms with van der Waals surface area (Å²) in [7, 11) is 0. The van der Waals surface area contributed by atoms with Crippen molar-refractivity contribution in [3.05, 3.63) is 0 Å². The Balaban J connectivity index is 1.38. The monoisotopic (exact) mass is 646 g/mol. The average Bonchev–Trinajstić information content (AvgIpc) is 3.59. The number of fused-ring (bicyclic) bond motifs is 4. The van der Waals surface area contributed by atoms with Crippen molar-refractivity contribution in [2.75, 3.05) is 13.1 Å². The van der Waals surface area contributed by atoms with Crippen LogP contribution in [0.2, 0.25) is 0 Å². The van der Waals surface area contributed by atoms with Gasteiger partial charge in [0.1, 0.15) is 12.2 Å². The smallest absolute Gasteiger partial charge is 0.320 e. The molecule has 0 amide bonds. The largest absolute Gasteiger partial charge is 0.461 e. The zero-order valence-electron chi connectivity index (χ0n) is 29.2. The Bertz CT molecular complexity index is 1260. The van der Waals surface area contributed by atoms with Gasteiger partial charge < -0.3 is 35.5 Å². The summed E-state index contributed by atoms with van der Waals surface area (Å²) in [6.07, 6.45) is 5.34. The van der Waals surface area contributed by atoms with Crippen LogP contribution in [-0.4, -0.2) is 72.2 Å². The zero-order chi connectivity index (χ0) is 33.8. The molecule has 2 spiro atoms. The second-order valence-corrected chi connectivity index (χ2v) is 17.6. The predicted molar refractivity (Wildman–Crippen MR) is 170 cm³/mol. The number of aliphatic hydroxyl groups is 1. The van der Waals surface area contributed by atoms with Crippen molar-refractivity contribution in [3.63, 3.8) is 0 Å². The molecule has 46 heavy (non-hydrogen) atoms. The van der Waals surface area contributed by atoms with Crippen LogP contribution in [-0.2, 0) is 33.3 Å². The summed E-state index contributed by atoms with van der Waals surface area (Å²) < 4.78 is 25.0. The predicted octanol–water partition coefficient (Wildman–Crippen LogP) is 3.88. The molecule has 1 unspecified atom stereocenters. The van der Waals surface area contributed by atoms with Gasteiger partial charge in [-0.05, 0) is 105 Å². The molecule has 5 saturated carbocycles. The summed E-state index contributed by atoms with van der Waals surface area (Å²) >= 11 is 0. The summed E-state index contributed by atoms with van der Waals surface area (Å²) in [5.41, 5.74) is 9.77. The van der Waals surface area contributed by atoms with Gasteiger partial charge in [0.25, 0.3) is 0 Å². The Morgan fingerprint density at radius 2 is 1.54 bits per heavy atom. The van der Waals surface area contributed by atoms with E-state index >= 15 is 0 Å². The Hall–Kier alpha value is -1.75. The van der Waals surface area contributed by atoms with E-state index in [1.54, 1.807) is 13.8 Å². The van der Waals surface area contributed by atoms with Crippen LogP contribution in [0.25, 0.3) is 0 Å². The third-order valence-electron chi connectivity index (χ3n) is 14.9. The van der Waals surface area contributed by atoms with E-state index in [2.05, 4.69) is 34.6 Å². The van der Waals surface area contributed by atoms with E-state index < -0.39 is 42.0 Å². The highest BCUT2D eigenvalue weighted by Gasteiger charge is 2.85. The number of hydrogen-bond donors (Lipinski definition) is 3. The van der Waals surface area contributed by atoms with Crippen molar-refractivity contribution in [3.8, 4) is 0 Å². The Morgan fingerprint density at radius 1 is 0.935 bits per heavy atom. The van der Waals surface area contributed by atoms with Gasteiger partial charge in [0.15, 0.2) is 6.10 Å². The Morgan fingerprint density at radius 3 is 2.15 bits per heavy atom. The first-order valence-electron chi connectivity index (χ1n) is 17.7. The van der Waals surface area contributed by atoms with E-state index in [1.165, 1.54) is 6.92 Å². The number of nitrogens with two attached hydrogens (primary N) is 2. The van der Waals surface area contributed by atoms with Gasteiger partial charge in [0, 0.05) is 17.8 Å². The first-order valence-corrected chi connectivity index (χ1v) is 17.7. The minimum absolute atomic E-state index is 0.102. The maximum Gasteiger partial charge on any atom is 0.320 e. The van der Waals surface area contributed by atoms with Crippen LogP contribution in [0.3, 0.4) is 0 Å². The topological polar surface area (TPSA) is 160 Å². The van der Waals surface area contributed by atoms with Crippen molar-refractivity contribution in [2.24, 2.45) is 62.2 Å². The average molecular weight is 647 g/mol. The highest BCUT2D eigenvalue weighted by molar-refractivity contribution is 5.72. The Kier molecular flexibility index (Phi) is 8.07. The van der Waals surface area contributed by atoms with Gasteiger partial charge in [0.05, 0.1) is 30.9 Å². The van der Waals surface area contributed by atoms with E-state index in [0.717, 1.165) is 44.9 Å².